The fourth-order valence-electron chi connectivity index (χ4n) is 5.20. The Hall–Kier alpha value is -4.04. The summed E-state index contributed by atoms with van der Waals surface area (Å²) in [5.74, 6) is 0. The van der Waals surface area contributed by atoms with Crippen LogP contribution in [-0.4, -0.2) is 4.57 Å². The van der Waals surface area contributed by atoms with E-state index in [4.69, 9.17) is 4.42 Å². The zero-order chi connectivity index (χ0) is 21.1. The van der Waals surface area contributed by atoms with Crippen LogP contribution in [0.3, 0.4) is 0 Å². The van der Waals surface area contributed by atoms with E-state index < -0.39 is 0 Å². The van der Waals surface area contributed by atoms with E-state index in [0.29, 0.717) is 0 Å². The van der Waals surface area contributed by atoms with Crippen LogP contribution in [0.4, 0.5) is 0 Å². The Kier molecular flexibility index (Phi) is 3.71. The van der Waals surface area contributed by atoms with Crippen LogP contribution < -0.4 is 0 Å². The van der Waals surface area contributed by atoms with Gasteiger partial charge in [0.15, 0.2) is 0 Å². The average molecular weight is 412 g/mol. The third-order valence-electron chi connectivity index (χ3n) is 6.67. The maximum Gasteiger partial charge on any atom is 0.135 e. The van der Waals surface area contributed by atoms with E-state index >= 15 is 0 Å². The van der Waals surface area contributed by atoms with Gasteiger partial charge in [0.25, 0.3) is 0 Å². The Morgan fingerprint density at radius 3 is 2.44 bits per heavy atom. The van der Waals surface area contributed by atoms with Gasteiger partial charge in [0.05, 0.1) is 5.52 Å². The summed E-state index contributed by atoms with van der Waals surface area (Å²) in [6, 6.07) is 32.4. The Balaban J connectivity index is 1.43. The number of rotatable bonds is 2. The van der Waals surface area contributed by atoms with Gasteiger partial charge >= 0.3 is 0 Å². The molecule has 6 aromatic rings. The maximum absolute atomic E-state index is 6.02. The van der Waals surface area contributed by atoms with Crippen molar-refractivity contribution >= 4 is 38.9 Å². The summed E-state index contributed by atoms with van der Waals surface area (Å²) in [6.07, 6.45) is 6.79. The molecule has 0 radical (unpaired) electrons. The molecule has 152 valence electrons. The van der Waals surface area contributed by atoms with E-state index in [0.717, 1.165) is 34.8 Å². The number of nitrogens with zero attached hydrogens (tertiary/aromatic N) is 1. The summed E-state index contributed by atoms with van der Waals surface area (Å²) >= 11 is 0. The lowest BCUT2D eigenvalue weighted by Gasteiger charge is -2.13. The lowest BCUT2D eigenvalue weighted by Crippen LogP contribution is -2.00. The topological polar surface area (TPSA) is 18.1 Å². The molecule has 4 aromatic carbocycles. The van der Waals surface area contributed by atoms with E-state index in [1.54, 1.807) is 0 Å². The van der Waals surface area contributed by atoms with Gasteiger partial charge < -0.3 is 8.98 Å². The number of hydrogen-bond acceptors (Lipinski definition) is 1. The highest BCUT2D eigenvalue weighted by Crippen LogP contribution is 2.36. The van der Waals surface area contributed by atoms with Crippen LogP contribution in [0.5, 0.6) is 0 Å². The summed E-state index contributed by atoms with van der Waals surface area (Å²) in [5.41, 5.74) is 9.52. The quantitative estimate of drug-likeness (QED) is 0.281. The Morgan fingerprint density at radius 1 is 0.656 bits per heavy atom. The second-order valence-electron chi connectivity index (χ2n) is 8.52. The predicted octanol–water partition coefficient (Wildman–Crippen LogP) is 8.16. The van der Waals surface area contributed by atoms with Crippen LogP contribution in [0, 0.1) is 0 Å². The molecule has 0 saturated carbocycles. The molecule has 0 N–H and O–H groups in total. The molecule has 0 atom stereocenters. The van der Waals surface area contributed by atoms with E-state index in [9.17, 15) is 0 Å². The van der Waals surface area contributed by atoms with Gasteiger partial charge in [-0.2, -0.15) is 0 Å². The molecule has 0 spiro atoms. The molecule has 1 aliphatic carbocycles. The third kappa shape index (κ3) is 2.53. The molecule has 0 amide bonds. The Labute approximate surface area is 186 Å². The summed E-state index contributed by atoms with van der Waals surface area (Å²) in [7, 11) is 0. The minimum atomic E-state index is 0.932. The molecular formula is C30H21NO. The van der Waals surface area contributed by atoms with Gasteiger partial charge in [0.1, 0.15) is 11.2 Å². The molecule has 0 aliphatic heterocycles. The molecule has 0 bridgehead atoms. The van der Waals surface area contributed by atoms with Crippen LogP contribution in [0.15, 0.2) is 101 Å². The lowest BCUT2D eigenvalue weighted by molar-refractivity contribution is 0.669. The molecule has 2 heterocycles. The molecule has 32 heavy (non-hydrogen) atoms. The number of aromatic nitrogens is 1. The highest BCUT2D eigenvalue weighted by molar-refractivity contribution is 6.06. The van der Waals surface area contributed by atoms with E-state index in [1.807, 2.05) is 12.1 Å². The van der Waals surface area contributed by atoms with Crippen LogP contribution in [0.25, 0.3) is 55.7 Å². The van der Waals surface area contributed by atoms with Gasteiger partial charge in [0.2, 0.25) is 0 Å². The Morgan fingerprint density at radius 2 is 1.47 bits per heavy atom. The molecule has 0 unspecified atom stereocenters. The molecule has 0 saturated heterocycles. The normalized spacial score (nSPS) is 13.2. The molecule has 1 aliphatic rings. The maximum atomic E-state index is 6.02. The lowest BCUT2D eigenvalue weighted by atomic mass is 10.0. The zero-order valence-electron chi connectivity index (χ0n) is 17.6. The second-order valence-corrected chi connectivity index (χ2v) is 8.52. The van der Waals surface area contributed by atoms with Crippen molar-refractivity contribution < 1.29 is 4.42 Å². The van der Waals surface area contributed by atoms with Crippen molar-refractivity contribution in [1.29, 1.82) is 0 Å². The van der Waals surface area contributed by atoms with Gasteiger partial charge in [-0.05, 0) is 72.0 Å². The van der Waals surface area contributed by atoms with Gasteiger partial charge in [-0.1, -0.05) is 60.7 Å². The average Bonchev–Trinajstić information content (AvgIpc) is 3.39. The first kappa shape index (κ1) is 17.6. The fourth-order valence-corrected chi connectivity index (χ4v) is 5.20. The first-order valence-corrected chi connectivity index (χ1v) is 11.2. The fraction of sp³-hybridized carbons (Fsp3) is 0.0667. The van der Waals surface area contributed by atoms with Crippen molar-refractivity contribution in [3.05, 3.63) is 108 Å². The summed E-state index contributed by atoms with van der Waals surface area (Å²) in [6.45, 7) is 0. The number of aryl methyl sites for hydroxylation is 1. The molecule has 2 aromatic heterocycles. The zero-order valence-corrected chi connectivity index (χ0v) is 17.6. The highest BCUT2D eigenvalue weighted by Gasteiger charge is 2.18. The van der Waals surface area contributed by atoms with Gasteiger partial charge in [0, 0.05) is 27.5 Å². The molecule has 0 fully saturated rings. The van der Waals surface area contributed by atoms with Gasteiger partial charge in [-0.25, -0.2) is 0 Å². The highest BCUT2D eigenvalue weighted by atomic mass is 16.3. The van der Waals surface area contributed by atoms with E-state index in [1.165, 1.54) is 39.0 Å². The monoisotopic (exact) mass is 411 g/mol. The third-order valence-corrected chi connectivity index (χ3v) is 6.67. The molecular weight excluding hydrogens is 390 g/mol. The number of allylic oxidation sites excluding steroid dienone is 1. The number of hydrogen-bond donors (Lipinski definition) is 0. The number of fused-ring (bicyclic) bond motifs is 6. The minimum absolute atomic E-state index is 0.932. The van der Waals surface area contributed by atoms with Gasteiger partial charge in [-0.15, -0.1) is 0 Å². The molecule has 7 rings (SSSR count). The molecule has 2 nitrogen and oxygen atoms in total. The van der Waals surface area contributed by atoms with Crippen molar-refractivity contribution in [2.24, 2.45) is 0 Å². The summed E-state index contributed by atoms with van der Waals surface area (Å²) in [5, 5.41) is 3.69. The van der Waals surface area contributed by atoms with Crippen molar-refractivity contribution in [3.8, 4) is 16.8 Å². The summed E-state index contributed by atoms with van der Waals surface area (Å²) < 4.78 is 8.44. The van der Waals surface area contributed by atoms with Crippen LogP contribution in [-0.2, 0) is 6.42 Å². The number of furan rings is 1. The van der Waals surface area contributed by atoms with Crippen molar-refractivity contribution in [2.45, 2.75) is 12.8 Å². The van der Waals surface area contributed by atoms with Crippen molar-refractivity contribution in [2.75, 3.05) is 0 Å². The van der Waals surface area contributed by atoms with Crippen molar-refractivity contribution in [1.82, 2.24) is 4.57 Å². The van der Waals surface area contributed by atoms with Crippen LogP contribution in [0.2, 0.25) is 0 Å². The van der Waals surface area contributed by atoms with E-state index in [-0.39, 0.29) is 0 Å². The molecule has 2 heteroatoms. The first-order valence-electron chi connectivity index (χ1n) is 11.2. The number of para-hydroxylation sites is 2. The Bertz CT molecular complexity index is 1680. The number of benzene rings is 4. The standard InChI is InChI=1S/C30H21NO/c1-4-13-27-23(10-1)24-11-2-5-14-28(24)31(27)22-9-7-8-20(18-22)21-16-17-30-26(19-21)25-12-3-6-15-29(25)32-30/h1,3-10,12-19H,2,11H2. The smallest absolute Gasteiger partial charge is 0.135 e. The predicted molar refractivity (Wildman–Crippen MR) is 133 cm³/mol. The van der Waals surface area contributed by atoms with Crippen LogP contribution in [0.1, 0.15) is 17.7 Å². The minimum Gasteiger partial charge on any atom is -0.456 e. The largest absolute Gasteiger partial charge is 0.456 e. The van der Waals surface area contributed by atoms with Crippen LogP contribution >= 0.6 is 0 Å². The van der Waals surface area contributed by atoms with Crippen molar-refractivity contribution in [3.63, 3.8) is 0 Å². The SMILES string of the molecule is C1=Cc2c(c3ccccc3n2-c2cccc(-c3ccc4oc5ccccc5c4c3)c2)CC1. The first-order chi connectivity index (χ1) is 15.9. The van der Waals surface area contributed by atoms with Gasteiger partial charge in [-0.3, -0.25) is 0 Å². The second kappa shape index (κ2) is 6.73. The summed E-state index contributed by atoms with van der Waals surface area (Å²) in [4.78, 5) is 0. The van der Waals surface area contributed by atoms with E-state index in [2.05, 4.69) is 95.6 Å².